The number of nitrogen functional groups attached to an aromatic ring is 1. The fourth-order valence-electron chi connectivity index (χ4n) is 1.78. The highest BCUT2D eigenvalue weighted by Gasteiger charge is 2.15. The molecular formula is C10H15N3S. The van der Waals surface area contributed by atoms with E-state index in [2.05, 4.69) is 9.97 Å². The smallest absolute Gasteiger partial charge is 0.141 e. The summed E-state index contributed by atoms with van der Waals surface area (Å²) in [4.78, 5) is 8.23. The van der Waals surface area contributed by atoms with E-state index in [0.29, 0.717) is 5.82 Å². The van der Waals surface area contributed by atoms with E-state index in [-0.39, 0.29) is 0 Å². The third-order valence-corrected chi connectivity index (χ3v) is 3.73. The molecule has 0 radical (unpaired) electrons. The summed E-state index contributed by atoms with van der Waals surface area (Å²) in [5.74, 6) is 2.56. The molecule has 2 N–H and O–H groups in total. The molecule has 1 aromatic heterocycles. The van der Waals surface area contributed by atoms with Gasteiger partial charge < -0.3 is 5.73 Å². The summed E-state index contributed by atoms with van der Waals surface area (Å²) in [7, 11) is 0. The van der Waals surface area contributed by atoms with Crippen molar-refractivity contribution < 1.29 is 0 Å². The zero-order valence-electron chi connectivity index (χ0n) is 8.15. The predicted molar refractivity (Wildman–Crippen MR) is 59.1 cm³/mol. The number of nitrogens with zero attached hydrogens (tertiary/aromatic N) is 2. The lowest BCUT2D eigenvalue weighted by molar-refractivity contribution is 0.623. The molecule has 0 atom stereocenters. The molecule has 0 bridgehead atoms. The molecule has 1 aliphatic carbocycles. The van der Waals surface area contributed by atoms with Gasteiger partial charge in [0.05, 0.1) is 12.4 Å². The number of hydrogen-bond donors (Lipinski definition) is 1. The zero-order chi connectivity index (χ0) is 9.80. The van der Waals surface area contributed by atoms with Crippen molar-refractivity contribution in [2.75, 3.05) is 11.5 Å². The fraction of sp³-hybridized carbons (Fsp3) is 0.600. The van der Waals surface area contributed by atoms with Crippen LogP contribution < -0.4 is 5.73 Å². The van der Waals surface area contributed by atoms with Crippen molar-refractivity contribution in [3.8, 4) is 0 Å². The summed E-state index contributed by atoms with van der Waals surface area (Å²) in [6.07, 6.45) is 8.95. The minimum absolute atomic E-state index is 0.496. The molecule has 0 spiro atoms. The molecule has 1 aromatic rings. The number of hydrogen-bond acceptors (Lipinski definition) is 4. The van der Waals surface area contributed by atoms with E-state index in [4.69, 9.17) is 5.73 Å². The lowest BCUT2D eigenvalue weighted by atomic mass is 10.1. The maximum absolute atomic E-state index is 5.46. The molecule has 0 amide bonds. The third kappa shape index (κ3) is 2.61. The Morgan fingerprint density at radius 3 is 2.71 bits per heavy atom. The number of thioether (sulfide) groups is 1. The first-order valence-corrected chi connectivity index (χ1v) is 6.03. The van der Waals surface area contributed by atoms with Crippen LogP contribution in [0.5, 0.6) is 0 Å². The van der Waals surface area contributed by atoms with Crippen LogP contribution in [-0.2, 0) is 0 Å². The van der Waals surface area contributed by atoms with Crippen molar-refractivity contribution in [3.05, 3.63) is 12.4 Å². The Morgan fingerprint density at radius 1 is 1.29 bits per heavy atom. The van der Waals surface area contributed by atoms with Crippen LogP contribution >= 0.6 is 11.8 Å². The highest BCUT2D eigenvalue weighted by molar-refractivity contribution is 7.99. The highest BCUT2D eigenvalue weighted by atomic mass is 32.2. The maximum Gasteiger partial charge on any atom is 0.141 e. The molecule has 0 aliphatic heterocycles. The zero-order valence-corrected chi connectivity index (χ0v) is 8.96. The largest absolute Gasteiger partial charge is 0.382 e. The first-order chi connectivity index (χ1) is 6.84. The van der Waals surface area contributed by atoms with E-state index in [1.54, 1.807) is 24.2 Å². The van der Waals surface area contributed by atoms with Gasteiger partial charge in [-0.15, -0.1) is 11.8 Å². The van der Waals surface area contributed by atoms with Gasteiger partial charge in [-0.05, 0) is 18.8 Å². The molecule has 1 heterocycles. The number of aromatic nitrogens is 2. The minimum atomic E-state index is 0.496. The summed E-state index contributed by atoms with van der Waals surface area (Å²) in [5.41, 5.74) is 5.46. The molecule has 0 aromatic carbocycles. The van der Waals surface area contributed by atoms with E-state index in [0.717, 1.165) is 10.9 Å². The van der Waals surface area contributed by atoms with Gasteiger partial charge in [0.25, 0.3) is 0 Å². The van der Waals surface area contributed by atoms with E-state index >= 15 is 0 Å². The summed E-state index contributed by atoms with van der Waals surface area (Å²) in [6, 6.07) is 0. The first-order valence-electron chi connectivity index (χ1n) is 5.05. The van der Waals surface area contributed by atoms with Crippen molar-refractivity contribution in [1.29, 1.82) is 0 Å². The monoisotopic (exact) mass is 209 g/mol. The summed E-state index contributed by atoms with van der Waals surface area (Å²) in [5, 5.41) is 0.992. The van der Waals surface area contributed by atoms with Crippen molar-refractivity contribution in [2.24, 2.45) is 5.92 Å². The van der Waals surface area contributed by atoms with E-state index in [9.17, 15) is 0 Å². The van der Waals surface area contributed by atoms with Gasteiger partial charge in [0.2, 0.25) is 0 Å². The molecule has 0 unspecified atom stereocenters. The second-order valence-corrected chi connectivity index (χ2v) is 4.78. The minimum Gasteiger partial charge on any atom is -0.382 e. The fourth-order valence-corrected chi connectivity index (χ4v) is 2.78. The van der Waals surface area contributed by atoms with Gasteiger partial charge in [-0.1, -0.05) is 12.8 Å². The average Bonchev–Trinajstić information content (AvgIpc) is 2.70. The van der Waals surface area contributed by atoms with E-state index < -0.39 is 0 Å². The molecule has 1 fully saturated rings. The Hall–Kier alpha value is -0.770. The average molecular weight is 209 g/mol. The SMILES string of the molecule is Nc1cnc(SCC2CCCC2)cn1. The second kappa shape index (κ2) is 4.64. The van der Waals surface area contributed by atoms with Crippen molar-refractivity contribution in [3.63, 3.8) is 0 Å². The summed E-state index contributed by atoms with van der Waals surface area (Å²) in [6.45, 7) is 0. The summed E-state index contributed by atoms with van der Waals surface area (Å²) < 4.78 is 0. The van der Waals surface area contributed by atoms with Crippen LogP contribution in [0.2, 0.25) is 0 Å². The molecule has 14 heavy (non-hydrogen) atoms. The Kier molecular flexibility index (Phi) is 3.24. The standard InChI is InChI=1S/C10H15N3S/c11-9-5-13-10(6-12-9)14-7-8-3-1-2-4-8/h5-6,8H,1-4,7H2,(H2,11,12). The van der Waals surface area contributed by atoms with Crippen LogP contribution in [0, 0.1) is 5.92 Å². The van der Waals surface area contributed by atoms with Crippen LogP contribution in [-0.4, -0.2) is 15.7 Å². The lowest BCUT2D eigenvalue weighted by Gasteiger charge is -2.06. The van der Waals surface area contributed by atoms with Gasteiger partial charge in [-0.3, -0.25) is 0 Å². The van der Waals surface area contributed by atoms with Crippen LogP contribution in [0.1, 0.15) is 25.7 Å². The Balaban J connectivity index is 1.82. The number of rotatable bonds is 3. The topological polar surface area (TPSA) is 51.8 Å². The van der Waals surface area contributed by atoms with Gasteiger partial charge in [0, 0.05) is 5.75 Å². The molecule has 1 aliphatic rings. The first kappa shape index (κ1) is 9.77. The Bertz CT molecular complexity index is 280. The van der Waals surface area contributed by atoms with Crippen molar-refractivity contribution in [1.82, 2.24) is 9.97 Å². The van der Waals surface area contributed by atoms with Gasteiger partial charge >= 0.3 is 0 Å². The van der Waals surface area contributed by atoms with Gasteiger partial charge in [-0.25, -0.2) is 9.97 Å². The molecule has 4 heteroatoms. The number of nitrogens with two attached hydrogens (primary N) is 1. The van der Waals surface area contributed by atoms with Crippen molar-refractivity contribution >= 4 is 17.6 Å². The van der Waals surface area contributed by atoms with Crippen LogP contribution in [0.25, 0.3) is 0 Å². The highest BCUT2D eigenvalue weighted by Crippen LogP contribution is 2.29. The second-order valence-electron chi connectivity index (χ2n) is 3.74. The predicted octanol–water partition coefficient (Wildman–Crippen LogP) is 2.34. The van der Waals surface area contributed by atoms with Gasteiger partial charge in [0.15, 0.2) is 0 Å². The molecule has 1 saturated carbocycles. The van der Waals surface area contributed by atoms with Gasteiger partial charge in [0.1, 0.15) is 10.8 Å². The van der Waals surface area contributed by atoms with Crippen molar-refractivity contribution in [2.45, 2.75) is 30.7 Å². The van der Waals surface area contributed by atoms with Gasteiger partial charge in [-0.2, -0.15) is 0 Å². The van der Waals surface area contributed by atoms with Crippen LogP contribution in [0.4, 0.5) is 5.82 Å². The molecule has 76 valence electrons. The molecule has 2 rings (SSSR count). The third-order valence-electron chi connectivity index (χ3n) is 2.59. The molecule has 3 nitrogen and oxygen atoms in total. The van der Waals surface area contributed by atoms with Crippen LogP contribution in [0.3, 0.4) is 0 Å². The quantitative estimate of drug-likeness (QED) is 0.776. The number of anilines is 1. The molecule has 0 saturated heterocycles. The lowest BCUT2D eigenvalue weighted by Crippen LogP contribution is -1.98. The Labute approximate surface area is 88.5 Å². The maximum atomic E-state index is 5.46. The van der Waals surface area contributed by atoms with Crippen LogP contribution in [0.15, 0.2) is 17.4 Å². The normalized spacial score (nSPS) is 17.4. The molecular weight excluding hydrogens is 194 g/mol. The summed E-state index contributed by atoms with van der Waals surface area (Å²) >= 11 is 1.80. The Morgan fingerprint density at radius 2 is 2.07 bits per heavy atom. The van der Waals surface area contributed by atoms with E-state index in [1.807, 2.05) is 0 Å². The van der Waals surface area contributed by atoms with E-state index in [1.165, 1.54) is 31.4 Å².